The van der Waals surface area contributed by atoms with Gasteiger partial charge in [0.2, 0.25) is 5.91 Å². The van der Waals surface area contributed by atoms with Crippen molar-refractivity contribution < 1.29 is 9.53 Å². The van der Waals surface area contributed by atoms with Crippen LogP contribution >= 0.6 is 0 Å². The number of methoxy groups -OCH3 is 1. The van der Waals surface area contributed by atoms with E-state index in [4.69, 9.17) is 4.74 Å². The minimum atomic E-state index is -0.111. The first kappa shape index (κ1) is 14.0. The topological polar surface area (TPSA) is 41.6 Å². The number of likely N-dealkylation sites (N-methyl/N-ethyl adjacent to an activating group) is 1. The standard InChI is InChI=1S/C15H22N2O2/c1-11-5-4-6-12(7-11)10-17(2)15(18)14-8-13(19-3)9-16-14/h4-7,13-14,16H,8-10H2,1-3H3. The van der Waals surface area contributed by atoms with Crippen molar-refractivity contribution in [3.8, 4) is 0 Å². The van der Waals surface area contributed by atoms with Gasteiger partial charge in [-0.1, -0.05) is 29.8 Å². The van der Waals surface area contributed by atoms with E-state index in [1.807, 2.05) is 13.1 Å². The first-order valence-electron chi connectivity index (χ1n) is 6.67. The minimum Gasteiger partial charge on any atom is -0.380 e. The molecule has 1 N–H and O–H groups in total. The maximum atomic E-state index is 12.3. The molecule has 2 atom stereocenters. The van der Waals surface area contributed by atoms with Crippen LogP contribution < -0.4 is 5.32 Å². The Balaban J connectivity index is 1.93. The number of carbonyl (C=O) groups is 1. The molecule has 19 heavy (non-hydrogen) atoms. The van der Waals surface area contributed by atoms with Gasteiger partial charge < -0.3 is 15.0 Å². The van der Waals surface area contributed by atoms with Crippen LogP contribution in [0.3, 0.4) is 0 Å². The Morgan fingerprint density at radius 3 is 2.95 bits per heavy atom. The van der Waals surface area contributed by atoms with Gasteiger partial charge in [0.15, 0.2) is 0 Å². The molecule has 1 aromatic carbocycles. The molecule has 1 amide bonds. The Kier molecular flexibility index (Phi) is 4.56. The van der Waals surface area contributed by atoms with Crippen molar-refractivity contribution in [3.63, 3.8) is 0 Å². The lowest BCUT2D eigenvalue weighted by Gasteiger charge is -2.21. The fraction of sp³-hybridized carbons (Fsp3) is 0.533. The molecule has 0 bridgehead atoms. The summed E-state index contributed by atoms with van der Waals surface area (Å²) in [6.45, 7) is 3.47. The quantitative estimate of drug-likeness (QED) is 0.890. The second-order valence-electron chi connectivity index (χ2n) is 5.24. The largest absolute Gasteiger partial charge is 0.380 e. The maximum Gasteiger partial charge on any atom is 0.239 e. The number of carbonyl (C=O) groups excluding carboxylic acids is 1. The summed E-state index contributed by atoms with van der Waals surface area (Å²) in [6.07, 6.45) is 0.911. The van der Waals surface area contributed by atoms with Gasteiger partial charge in [0.25, 0.3) is 0 Å². The molecule has 0 radical (unpaired) electrons. The van der Waals surface area contributed by atoms with E-state index >= 15 is 0 Å². The van der Waals surface area contributed by atoms with Gasteiger partial charge in [-0.15, -0.1) is 0 Å². The maximum absolute atomic E-state index is 12.3. The molecular formula is C15H22N2O2. The Labute approximate surface area is 114 Å². The number of nitrogens with zero attached hydrogens (tertiary/aromatic N) is 1. The Bertz CT molecular complexity index is 448. The summed E-state index contributed by atoms with van der Waals surface area (Å²) in [4.78, 5) is 14.1. The molecule has 0 aliphatic carbocycles. The van der Waals surface area contributed by atoms with Crippen LogP contribution in [-0.4, -0.2) is 43.7 Å². The van der Waals surface area contributed by atoms with Crippen molar-refractivity contribution in [1.82, 2.24) is 10.2 Å². The first-order chi connectivity index (χ1) is 9.10. The molecular weight excluding hydrogens is 240 g/mol. The Morgan fingerprint density at radius 1 is 1.53 bits per heavy atom. The summed E-state index contributed by atoms with van der Waals surface area (Å²) in [7, 11) is 3.54. The Hall–Kier alpha value is -1.39. The third-order valence-corrected chi connectivity index (χ3v) is 3.60. The van der Waals surface area contributed by atoms with E-state index in [9.17, 15) is 4.79 Å². The molecule has 1 aromatic rings. The highest BCUT2D eigenvalue weighted by Crippen LogP contribution is 2.13. The normalized spacial score (nSPS) is 22.5. The van der Waals surface area contributed by atoms with E-state index < -0.39 is 0 Å². The van der Waals surface area contributed by atoms with Gasteiger partial charge in [-0.25, -0.2) is 0 Å². The van der Waals surface area contributed by atoms with Crippen molar-refractivity contribution in [2.45, 2.75) is 32.0 Å². The zero-order chi connectivity index (χ0) is 13.8. The molecule has 1 heterocycles. The smallest absolute Gasteiger partial charge is 0.239 e. The number of benzene rings is 1. The van der Waals surface area contributed by atoms with E-state index in [0.717, 1.165) is 18.5 Å². The van der Waals surface area contributed by atoms with Crippen LogP contribution in [0.5, 0.6) is 0 Å². The third kappa shape index (κ3) is 3.55. The molecule has 0 spiro atoms. The lowest BCUT2D eigenvalue weighted by Crippen LogP contribution is -2.41. The molecule has 4 heteroatoms. The number of hydrogen-bond donors (Lipinski definition) is 1. The van der Waals surface area contributed by atoms with Gasteiger partial charge in [-0.05, 0) is 18.9 Å². The van der Waals surface area contributed by atoms with Crippen LogP contribution in [0.2, 0.25) is 0 Å². The van der Waals surface area contributed by atoms with E-state index in [1.54, 1.807) is 12.0 Å². The molecule has 1 saturated heterocycles. The van der Waals surface area contributed by atoms with Crippen molar-refractivity contribution in [1.29, 1.82) is 0 Å². The van der Waals surface area contributed by atoms with Crippen molar-refractivity contribution in [3.05, 3.63) is 35.4 Å². The number of aryl methyl sites for hydroxylation is 1. The van der Waals surface area contributed by atoms with Gasteiger partial charge in [0, 0.05) is 27.2 Å². The predicted molar refractivity (Wildman–Crippen MR) is 74.9 cm³/mol. The van der Waals surface area contributed by atoms with Crippen molar-refractivity contribution in [2.75, 3.05) is 20.7 Å². The van der Waals surface area contributed by atoms with Crippen LogP contribution in [0.25, 0.3) is 0 Å². The lowest BCUT2D eigenvalue weighted by atomic mass is 10.1. The molecule has 2 rings (SSSR count). The van der Waals surface area contributed by atoms with Crippen LogP contribution in [-0.2, 0) is 16.1 Å². The van der Waals surface area contributed by atoms with Gasteiger partial charge >= 0.3 is 0 Å². The van der Waals surface area contributed by atoms with Gasteiger partial charge in [-0.3, -0.25) is 4.79 Å². The van der Waals surface area contributed by atoms with Crippen LogP contribution in [0.15, 0.2) is 24.3 Å². The number of amides is 1. The minimum absolute atomic E-state index is 0.111. The summed E-state index contributed by atoms with van der Waals surface area (Å²) in [6, 6.07) is 8.14. The van der Waals surface area contributed by atoms with E-state index in [2.05, 4.69) is 30.4 Å². The summed E-state index contributed by atoms with van der Waals surface area (Å²) < 4.78 is 5.27. The molecule has 1 fully saturated rings. The van der Waals surface area contributed by atoms with Crippen LogP contribution in [0.1, 0.15) is 17.5 Å². The molecule has 1 aliphatic heterocycles. The van der Waals surface area contributed by atoms with E-state index in [-0.39, 0.29) is 18.1 Å². The number of nitrogens with one attached hydrogen (secondary N) is 1. The van der Waals surface area contributed by atoms with Gasteiger partial charge in [0.05, 0.1) is 12.1 Å². The first-order valence-corrected chi connectivity index (χ1v) is 6.67. The molecule has 0 aromatic heterocycles. The average molecular weight is 262 g/mol. The summed E-state index contributed by atoms with van der Waals surface area (Å²) in [5.74, 6) is 0.140. The fourth-order valence-corrected chi connectivity index (χ4v) is 2.50. The molecule has 1 aliphatic rings. The highest BCUT2D eigenvalue weighted by molar-refractivity contribution is 5.82. The molecule has 0 saturated carbocycles. The van der Waals surface area contributed by atoms with E-state index in [1.165, 1.54) is 5.56 Å². The summed E-state index contributed by atoms with van der Waals surface area (Å²) >= 11 is 0. The SMILES string of the molecule is COC1CNC(C(=O)N(C)Cc2cccc(C)c2)C1. The second-order valence-corrected chi connectivity index (χ2v) is 5.24. The third-order valence-electron chi connectivity index (χ3n) is 3.60. The number of hydrogen-bond acceptors (Lipinski definition) is 3. The highest BCUT2D eigenvalue weighted by Gasteiger charge is 2.31. The Morgan fingerprint density at radius 2 is 2.32 bits per heavy atom. The summed E-state index contributed by atoms with van der Waals surface area (Å²) in [5, 5.41) is 3.22. The molecule has 4 nitrogen and oxygen atoms in total. The number of rotatable bonds is 4. The number of ether oxygens (including phenoxy) is 1. The van der Waals surface area contributed by atoms with Crippen LogP contribution in [0, 0.1) is 6.92 Å². The average Bonchev–Trinajstić information content (AvgIpc) is 2.86. The van der Waals surface area contributed by atoms with Crippen molar-refractivity contribution in [2.24, 2.45) is 0 Å². The summed E-state index contributed by atoms with van der Waals surface area (Å²) in [5.41, 5.74) is 2.38. The zero-order valence-corrected chi connectivity index (χ0v) is 11.8. The van der Waals surface area contributed by atoms with Crippen molar-refractivity contribution >= 4 is 5.91 Å². The van der Waals surface area contributed by atoms with Gasteiger partial charge in [0.1, 0.15) is 0 Å². The monoisotopic (exact) mass is 262 g/mol. The van der Waals surface area contributed by atoms with Gasteiger partial charge in [-0.2, -0.15) is 0 Å². The fourth-order valence-electron chi connectivity index (χ4n) is 2.50. The van der Waals surface area contributed by atoms with E-state index in [0.29, 0.717) is 6.54 Å². The predicted octanol–water partition coefficient (Wildman–Crippen LogP) is 1.33. The molecule has 2 unspecified atom stereocenters. The lowest BCUT2D eigenvalue weighted by molar-refractivity contribution is -0.132. The molecule has 104 valence electrons. The van der Waals surface area contributed by atoms with Crippen LogP contribution in [0.4, 0.5) is 0 Å². The zero-order valence-electron chi connectivity index (χ0n) is 11.8. The second kappa shape index (κ2) is 6.17. The highest BCUT2D eigenvalue weighted by atomic mass is 16.5.